The van der Waals surface area contributed by atoms with Gasteiger partial charge in [-0.05, 0) is 55.0 Å². The summed E-state index contributed by atoms with van der Waals surface area (Å²) in [4.78, 5) is 39.1. The van der Waals surface area contributed by atoms with Gasteiger partial charge in [0.2, 0.25) is 11.8 Å². The summed E-state index contributed by atoms with van der Waals surface area (Å²) < 4.78 is 5.40. The number of thioether (sulfide) groups is 2. The van der Waals surface area contributed by atoms with E-state index in [9.17, 15) is 14.4 Å². The van der Waals surface area contributed by atoms with Crippen molar-refractivity contribution in [2.45, 2.75) is 43.9 Å². The summed E-state index contributed by atoms with van der Waals surface area (Å²) in [5.74, 6) is 0.511. The van der Waals surface area contributed by atoms with Crippen molar-refractivity contribution in [3.05, 3.63) is 59.0 Å². The number of fused-ring (bicyclic) bond motifs is 1. The lowest BCUT2D eigenvalue weighted by Gasteiger charge is -2.16. The number of Topliss-reactive ketones (excluding diaryl/α,β-unsaturated/α-hetero) is 1. The van der Waals surface area contributed by atoms with Gasteiger partial charge in [0.1, 0.15) is 5.76 Å². The normalized spacial score (nSPS) is 22.8. The lowest BCUT2D eigenvalue weighted by atomic mass is 9.89. The molecule has 0 saturated carbocycles. The minimum absolute atomic E-state index is 0.0571. The average molecular weight is 483 g/mol. The number of nitrogens with zero attached hydrogens (tertiary/aromatic N) is 3. The monoisotopic (exact) mass is 482 g/mol. The summed E-state index contributed by atoms with van der Waals surface area (Å²) in [6.45, 7) is 0.200. The van der Waals surface area contributed by atoms with Crippen LogP contribution in [0.15, 0.2) is 51.2 Å². The molecule has 1 aromatic heterocycles. The molecule has 0 radical (unpaired) electrons. The summed E-state index contributed by atoms with van der Waals surface area (Å²) in [7, 11) is 0. The Morgan fingerprint density at radius 3 is 2.76 bits per heavy atom. The standard InChI is InChI=1S/C23H22N4O4S2/c28-18(16-8-7-14-4-1-2-5-15(14)10-16)11-19-21(30)27(12-17-6-3-9-31-17)23(33-19)26-25-22-24-20(29)13-32-22/h3,6-10,19H,1-2,4-5,11-13H2,(H,24,25,29)/b26-23-/t19-/m0/s1. The average Bonchev–Trinajstić information content (AvgIpc) is 3.55. The maximum Gasteiger partial charge on any atom is 0.243 e. The number of carbonyl (C=O) groups excluding carboxylic acids is 3. The van der Waals surface area contributed by atoms with E-state index in [4.69, 9.17) is 4.42 Å². The third-order valence-corrected chi connectivity index (χ3v) is 7.80. The maximum atomic E-state index is 13.2. The highest BCUT2D eigenvalue weighted by Gasteiger charge is 2.40. The zero-order valence-corrected chi connectivity index (χ0v) is 19.4. The van der Waals surface area contributed by atoms with E-state index in [1.807, 2.05) is 18.2 Å². The van der Waals surface area contributed by atoms with E-state index in [-0.39, 0.29) is 30.6 Å². The van der Waals surface area contributed by atoms with Crippen LogP contribution in [0.5, 0.6) is 0 Å². The van der Waals surface area contributed by atoms with Crippen LogP contribution in [0, 0.1) is 0 Å². The Bertz CT molecular complexity index is 1160. The smallest absolute Gasteiger partial charge is 0.243 e. The quantitative estimate of drug-likeness (QED) is 0.500. The lowest BCUT2D eigenvalue weighted by molar-refractivity contribution is -0.126. The first-order valence-electron chi connectivity index (χ1n) is 10.8. The molecule has 1 atom stereocenters. The van der Waals surface area contributed by atoms with E-state index in [2.05, 4.69) is 15.5 Å². The van der Waals surface area contributed by atoms with Crippen LogP contribution >= 0.6 is 23.5 Å². The number of carbonyl (C=O) groups is 3. The fourth-order valence-electron chi connectivity index (χ4n) is 4.08. The third kappa shape index (κ3) is 4.91. The molecule has 2 aromatic rings. The molecule has 5 rings (SSSR count). The van der Waals surface area contributed by atoms with Gasteiger partial charge in [0.05, 0.1) is 23.8 Å². The van der Waals surface area contributed by atoms with Gasteiger partial charge in [0.25, 0.3) is 0 Å². The highest BCUT2D eigenvalue weighted by atomic mass is 32.2. The van der Waals surface area contributed by atoms with E-state index in [0.29, 0.717) is 27.4 Å². The maximum absolute atomic E-state index is 13.2. The summed E-state index contributed by atoms with van der Waals surface area (Å²) in [5.41, 5.74) is 3.21. The Kier molecular flexibility index (Phi) is 6.37. The molecule has 0 bridgehead atoms. The molecule has 0 spiro atoms. The molecule has 1 N–H and O–H groups in total. The molecule has 2 aliphatic heterocycles. The Balaban J connectivity index is 1.34. The molecule has 0 unspecified atom stereocenters. The predicted molar refractivity (Wildman–Crippen MR) is 128 cm³/mol. The number of amides is 2. The van der Waals surface area contributed by atoms with Crippen LogP contribution in [0.1, 0.15) is 46.5 Å². The molecule has 3 aliphatic rings. The first kappa shape index (κ1) is 22.0. The Hall–Kier alpha value is -2.85. The number of rotatable bonds is 6. The molecular formula is C23H22N4O4S2. The van der Waals surface area contributed by atoms with Crippen LogP contribution in [-0.2, 0) is 29.0 Å². The number of benzene rings is 1. The first-order chi connectivity index (χ1) is 16.1. The summed E-state index contributed by atoms with van der Waals surface area (Å²) in [6, 6.07) is 9.44. The van der Waals surface area contributed by atoms with Gasteiger partial charge in [-0.3, -0.25) is 19.3 Å². The van der Waals surface area contributed by atoms with E-state index in [0.717, 1.165) is 19.3 Å². The Morgan fingerprint density at radius 1 is 1.15 bits per heavy atom. The molecule has 2 saturated heterocycles. The van der Waals surface area contributed by atoms with Crippen molar-refractivity contribution in [2.24, 2.45) is 10.2 Å². The fourth-order valence-corrected chi connectivity index (χ4v) is 5.79. The minimum Gasteiger partial charge on any atom is -0.467 e. The number of nitrogens with one attached hydrogen (secondary N) is 1. The largest absolute Gasteiger partial charge is 0.467 e. The number of furan rings is 1. The molecule has 1 aromatic carbocycles. The number of ketones is 1. The van der Waals surface area contributed by atoms with Gasteiger partial charge < -0.3 is 9.73 Å². The van der Waals surface area contributed by atoms with Gasteiger partial charge in [0, 0.05) is 12.0 Å². The SMILES string of the molecule is O=C1CSC(=N/N=C2\S[C@@H](CC(=O)c3ccc4c(c3)CCCC4)C(=O)N2Cc2ccco2)N1. The van der Waals surface area contributed by atoms with E-state index < -0.39 is 5.25 Å². The van der Waals surface area contributed by atoms with E-state index in [1.54, 1.807) is 18.4 Å². The molecule has 8 nitrogen and oxygen atoms in total. The Morgan fingerprint density at radius 2 is 2.00 bits per heavy atom. The summed E-state index contributed by atoms with van der Waals surface area (Å²) in [5, 5.41) is 11.1. The summed E-state index contributed by atoms with van der Waals surface area (Å²) in [6.07, 6.45) is 6.01. The zero-order chi connectivity index (χ0) is 22.8. The van der Waals surface area contributed by atoms with Crippen LogP contribution in [0.25, 0.3) is 0 Å². The fraction of sp³-hybridized carbons (Fsp3) is 0.348. The second-order valence-corrected chi connectivity index (χ2v) is 10.2. The van der Waals surface area contributed by atoms with Crippen molar-refractivity contribution in [2.75, 3.05) is 5.75 Å². The first-order valence-corrected chi connectivity index (χ1v) is 12.7. The van der Waals surface area contributed by atoms with Crippen molar-refractivity contribution >= 4 is 51.5 Å². The molecule has 2 fully saturated rings. The van der Waals surface area contributed by atoms with Crippen molar-refractivity contribution < 1.29 is 18.8 Å². The molecular weight excluding hydrogens is 460 g/mol. The number of amidine groups is 2. The van der Waals surface area contributed by atoms with E-state index in [1.165, 1.54) is 46.0 Å². The molecule has 2 amide bonds. The molecule has 33 heavy (non-hydrogen) atoms. The van der Waals surface area contributed by atoms with Gasteiger partial charge in [-0.25, -0.2) is 0 Å². The van der Waals surface area contributed by atoms with Crippen LogP contribution in [0.3, 0.4) is 0 Å². The Labute approximate surface area is 199 Å². The van der Waals surface area contributed by atoms with Crippen LogP contribution in [0.2, 0.25) is 0 Å². The van der Waals surface area contributed by atoms with Crippen LogP contribution < -0.4 is 5.32 Å². The van der Waals surface area contributed by atoms with Crippen molar-refractivity contribution in [3.8, 4) is 0 Å². The van der Waals surface area contributed by atoms with Crippen molar-refractivity contribution in [1.29, 1.82) is 0 Å². The van der Waals surface area contributed by atoms with Crippen LogP contribution in [0.4, 0.5) is 0 Å². The topological polar surface area (TPSA) is 104 Å². The predicted octanol–water partition coefficient (Wildman–Crippen LogP) is 3.37. The van der Waals surface area contributed by atoms with Crippen molar-refractivity contribution in [1.82, 2.24) is 10.2 Å². The van der Waals surface area contributed by atoms with Gasteiger partial charge in [0.15, 0.2) is 16.1 Å². The summed E-state index contributed by atoms with van der Waals surface area (Å²) >= 11 is 2.48. The number of hydrogen-bond donors (Lipinski definition) is 1. The lowest BCUT2D eigenvalue weighted by Crippen LogP contribution is -2.32. The molecule has 1 aliphatic carbocycles. The zero-order valence-electron chi connectivity index (χ0n) is 17.8. The molecule has 3 heterocycles. The number of aryl methyl sites for hydroxylation is 2. The molecule has 10 heteroatoms. The minimum atomic E-state index is -0.590. The third-order valence-electron chi connectivity index (χ3n) is 5.77. The second-order valence-electron chi connectivity index (χ2n) is 8.05. The van der Waals surface area contributed by atoms with E-state index >= 15 is 0 Å². The van der Waals surface area contributed by atoms with Gasteiger partial charge in [-0.1, -0.05) is 35.7 Å². The highest BCUT2D eigenvalue weighted by molar-refractivity contribution is 8.15. The highest BCUT2D eigenvalue weighted by Crippen LogP contribution is 2.33. The van der Waals surface area contributed by atoms with Gasteiger partial charge >= 0.3 is 0 Å². The van der Waals surface area contributed by atoms with Gasteiger partial charge in [-0.2, -0.15) is 0 Å². The second kappa shape index (κ2) is 9.56. The van der Waals surface area contributed by atoms with Gasteiger partial charge in [-0.15, -0.1) is 10.2 Å². The van der Waals surface area contributed by atoms with Crippen LogP contribution in [-0.4, -0.2) is 43.8 Å². The molecule has 170 valence electrons. The van der Waals surface area contributed by atoms with Crippen molar-refractivity contribution in [3.63, 3.8) is 0 Å². The number of hydrogen-bond acceptors (Lipinski definition) is 8.